The van der Waals surface area contributed by atoms with Crippen molar-refractivity contribution in [2.45, 2.75) is 46.0 Å². The molecule has 0 spiro atoms. The van der Waals surface area contributed by atoms with Gasteiger partial charge in [-0.1, -0.05) is 19.8 Å². The van der Waals surface area contributed by atoms with Crippen LogP contribution in [-0.4, -0.2) is 23.9 Å². The molecule has 1 aromatic rings. The summed E-state index contributed by atoms with van der Waals surface area (Å²) in [5, 5.41) is 0. The van der Waals surface area contributed by atoms with Gasteiger partial charge < -0.3 is 4.90 Å². The van der Waals surface area contributed by atoms with E-state index in [0.29, 0.717) is 0 Å². The predicted molar refractivity (Wildman–Crippen MR) is 72.8 cm³/mol. The standard InChI is InChI=1S/C14H21NOS/c1-3-12-11(2)10-13(17-12)14(16)15-8-6-4-5-7-9-15/h10H,3-9H2,1-2H3. The van der Waals surface area contributed by atoms with Crippen molar-refractivity contribution in [3.8, 4) is 0 Å². The van der Waals surface area contributed by atoms with Crippen molar-refractivity contribution in [2.24, 2.45) is 0 Å². The summed E-state index contributed by atoms with van der Waals surface area (Å²) in [6.45, 7) is 6.14. The Labute approximate surface area is 108 Å². The molecular formula is C14H21NOS. The van der Waals surface area contributed by atoms with Crippen molar-refractivity contribution in [1.29, 1.82) is 0 Å². The van der Waals surface area contributed by atoms with Crippen LogP contribution in [0.25, 0.3) is 0 Å². The number of aryl methyl sites for hydroxylation is 2. The molecule has 1 aromatic heterocycles. The second-order valence-corrected chi connectivity index (χ2v) is 5.91. The summed E-state index contributed by atoms with van der Waals surface area (Å²) in [5.74, 6) is 0.250. The summed E-state index contributed by atoms with van der Waals surface area (Å²) in [6.07, 6.45) is 5.90. The molecule has 1 saturated heterocycles. The third kappa shape index (κ3) is 2.89. The number of amides is 1. The average Bonchev–Trinajstić information content (AvgIpc) is 2.56. The molecule has 17 heavy (non-hydrogen) atoms. The Morgan fingerprint density at radius 1 is 1.29 bits per heavy atom. The van der Waals surface area contributed by atoms with E-state index in [9.17, 15) is 4.79 Å². The van der Waals surface area contributed by atoms with E-state index in [2.05, 4.69) is 19.9 Å². The van der Waals surface area contributed by atoms with Crippen LogP contribution in [0, 0.1) is 6.92 Å². The summed E-state index contributed by atoms with van der Waals surface area (Å²) < 4.78 is 0. The van der Waals surface area contributed by atoms with E-state index in [1.807, 2.05) is 4.90 Å². The van der Waals surface area contributed by atoms with Gasteiger partial charge in [0, 0.05) is 18.0 Å². The number of hydrogen-bond acceptors (Lipinski definition) is 2. The van der Waals surface area contributed by atoms with E-state index >= 15 is 0 Å². The first-order valence-corrected chi connectivity index (χ1v) is 7.42. The van der Waals surface area contributed by atoms with Crippen molar-refractivity contribution in [3.05, 3.63) is 21.4 Å². The highest BCUT2D eigenvalue weighted by Gasteiger charge is 2.19. The predicted octanol–water partition coefficient (Wildman–Crippen LogP) is 3.64. The second kappa shape index (κ2) is 5.67. The van der Waals surface area contributed by atoms with Crippen LogP contribution in [0.2, 0.25) is 0 Å². The number of carbonyl (C=O) groups is 1. The third-order valence-electron chi connectivity index (χ3n) is 3.45. The highest BCUT2D eigenvalue weighted by atomic mass is 32.1. The van der Waals surface area contributed by atoms with E-state index in [1.54, 1.807) is 11.3 Å². The van der Waals surface area contributed by atoms with Crippen molar-refractivity contribution in [1.82, 2.24) is 4.90 Å². The molecule has 0 saturated carbocycles. The van der Waals surface area contributed by atoms with Gasteiger partial charge in [0.2, 0.25) is 0 Å². The Morgan fingerprint density at radius 3 is 2.47 bits per heavy atom. The number of hydrogen-bond donors (Lipinski definition) is 0. The molecule has 0 unspecified atom stereocenters. The van der Waals surface area contributed by atoms with Gasteiger partial charge in [-0.25, -0.2) is 0 Å². The van der Waals surface area contributed by atoms with Gasteiger partial charge in [-0.3, -0.25) is 4.79 Å². The fourth-order valence-electron chi connectivity index (χ4n) is 2.41. The molecule has 1 aliphatic heterocycles. The average molecular weight is 251 g/mol. The molecule has 1 fully saturated rings. The van der Waals surface area contributed by atoms with Gasteiger partial charge in [0.15, 0.2) is 0 Å². The molecule has 0 aromatic carbocycles. The van der Waals surface area contributed by atoms with E-state index < -0.39 is 0 Å². The van der Waals surface area contributed by atoms with Crippen molar-refractivity contribution in [2.75, 3.05) is 13.1 Å². The minimum Gasteiger partial charge on any atom is -0.338 e. The molecule has 94 valence electrons. The van der Waals surface area contributed by atoms with Crippen LogP contribution in [0.5, 0.6) is 0 Å². The first-order valence-electron chi connectivity index (χ1n) is 6.61. The molecule has 0 aliphatic carbocycles. The van der Waals surface area contributed by atoms with Gasteiger partial charge >= 0.3 is 0 Å². The minimum atomic E-state index is 0.250. The van der Waals surface area contributed by atoms with Crippen LogP contribution < -0.4 is 0 Å². The molecule has 2 nitrogen and oxygen atoms in total. The lowest BCUT2D eigenvalue weighted by Gasteiger charge is -2.19. The third-order valence-corrected chi connectivity index (χ3v) is 4.82. The van der Waals surface area contributed by atoms with E-state index in [0.717, 1.165) is 37.2 Å². The maximum atomic E-state index is 12.4. The zero-order valence-corrected chi connectivity index (χ0v) is 11.6. The first-order chi connectivity index (χ1) is 8.22. The summed E-state index contributed by atoms with van der Waals surface area (Å²) in [5.41, 5.74) is 1.27. The highest BCUT2D eigenvalue weighted by molar-refractivity contribution is 7.14. The molecule has 0 bridgehead atoms. The highest BCUT2D eigenvalue weighted by Crippen LogP contribution is 2.24. The zero-order chi connectivity index (χ0) is 12.3. The monoisotopic (exact) mass is 251 g/mol. The molecular weight excluding hydrogens is 230 g/mol. The van der Waals surface area contributed by atoms with Crippen LogP contribution in [0.15, 0.2) is 6.07 Å². The Kier molecular flexibility index (Phi) is 4.21. The maximum absolute atomic E-state index is 12.4. The zero-order valence-electron chi connectivity index (χ0n) is 10.8. The van der Waals surface area contributed by atoms with Crippen LogP contribution in [0.3, 0.4) is 0 Å². The summed E-state index contributed by atoms with van der Waals surface area (Å²) in [7, 11) is 0. The van der Waals surface area contributed by atoms with Crippen LogP contribution in [0.4, 0.5) is 0 Å². The number of likely N-dealkylation sites (tertiary alicyclic amines) is 1. The number of nitrogens with zero attached hydrogens (tertiary/aromatic N) is 1. The van der Waals surface area contributed by atoms with E-state index in [-0.39, 0.29) is 5.91 Å². The van der Waals surface area contributed by atoms with Crippen LogP contribution in [0.1, 0.15) is 52.7 Å². The van der Waals surface area contributed by atoms with Crippen molar-refractivity contribution >= 4 is 17.2 Å². The van der Waals surface area contributed by atoms with Gasteiger partial charge in [0.25, 0.3) is 5.91 Å². The Hall–Kier alpha value is -0.830. The number of carbonyl (C=O) groups excluding carboxylic acids is 1. The van der Waals surface area contributed by atoms with Crippen LogP contribution >= 0.6 is 11.3 Å². The maximum Gasteiger partial charge on any atom is 0.263 e. The lowest BCUT2D eigenvalue weighted by atomic mass is 10.2. The molecule has 3 heteroatoms. The molecule has 0 atom stereocenters. The normalized spacial score (nSPS) is 16.9. The van der Waals surface area contributed by atoms with Crippen LogP contribution in [-0.2, 0) is 6.42 Å². The van der Waals surface area contributed by atoms with E-state index in [4.69, 9.17) is 0 Å². The smallest absolute Gasteiger partial charge is 0.263 e. The molecule has 2 rings (SSSR count). The summed E-state index contributed by atoms with van der Waals surface area (Å²) >= 11 is 1.68. The largest absolute Gasteiger partial charge is 0.338 e. The van der Waals surface area contributed by atoms with Crippen molar-refractivity contribution < 1.29 is 4.79 Å². The Balaban J connectivity index is 2.11. The number of rotatable bonds is 2. The molecule has 2 heterocycles. The van der Waals surface area contributed by atoms with Gasteiger partial charge in [0.05, 0.1) is 4.88 Å². The summed E-state index contributed by atoms with van der Waals surface area (Å²) in [4.78, 5) is 16.7. The quantitative estimate of drug-likeness (QED) is 0.786. The molecule has 1 aliphatic rings. The van der Waals surface area contributed by atoms with Gasteiger partial charge in [0.1, 0.15) is 0 Å². The lowest BCUT2D eigenvalue weighted by molar-refractivity contribution is 0.0766. The lowest BCUT2D eigenvalue weighted by Crippen LogP contribution is -2.31. The summed E-state index contributed by atoms with van der Waals surface area (Å²) in [6, 6.07) is 2.07. The van der Waals surface area contributed by atoms with Gasteiger partial charge in [-0.05, 0) is 37.8 Å². The fourth-order valence-corrected chi connectivity index (χ4v) is 3.49. The number of thiophene rings is 1. The SMILES string of the molecule is CCc1sc(C(=O)N2CCCCCC2)cc1C. The Bertz CT molecular complexity index is 389. The Morgan fingerprint density at radius 2 is 1.94 bits per heavy atom. The molecule has 0 radical (unpaired) electrons. The van der Waals surface area contributed by atoms with Gasteiger partial charge in [-0.15, -0.1) is 11.3 Å². The second-order valence-electron chi connectivity index (χ2n) is 4.78. The molecule has 0 N–H and O–H groups in total. The first kappa shape index (κ1) is 12.6. The topological polar surface area (TPSA) is 20.3 Å². The van der Waals surface area contributed by atoms with E-state index in [1.165, 1.54) is 23.3 Å². The van der Waals surface area contributed by atoms with Crippen molar-refractivity contribution in [3.63, 3.8) is 0 Å². The molecule has 1 amide bonds. The van der Waals surface area contributed by atoms with Gasteiger partial charge in [-0.2, -0.15) is 0 Å². The fraction of sp³-hybridized carbons (Fsp3) is 0.643. The minimum absolute atomic E-state index is 0.250.